The Morgan fingerprint density at radius 2 is 1.74 bits per heavy atom. The van der Waals surface area contributed by atoms with Crippen LogP contribution in [-0.4, -0.2) is 78.6 Å². The van der Waals surface area contributed by atoms with Crippen LogP contribution < -0.4 is 10.1 Å². The number of nitrogens with zero attached hydrogens (tertiary/aromatic N) is 1. The van der Waals surface area contributed by atoms with E-state index in [0.29, 0.717) is 30.9 Å². The molecule has 220 valence electrons. The highest BCUT2D eigenvalue weighted by Crippen LogP contribution is 2.30. The maximum atomic E-state index is 13.4. The molecule has 2 rings (SSSR count). The first-order valence-corrected chi connectivity index (χ1v) is 15.5. The Bertz CT molecular complexity index is 896. The van der Waals surface area contributed by atoms with E-state index in [-0.39, 0.29) is 31.4 Å². The molecule has 0 aromatic heterocycles. The van der Waals surface area contributed by atoms with Gasteiger partial charge in [0, 0.05) is 38.6 Å². The zero-order valence-corrected chi connectivity index (χ0v) is 25.7. The highest BCUT2D eigenvalue weighted by Gasteiger charge is 2.40. The van der Waals surface area contributed by atoms with E-state index in [1.54, 1.807) is 18.1 Å². The van der Waals surface area contributed by atoms with Crippen molar-refractivity contribution in [3.63, 3.8) is 0 Å². The predicted octanol–water partition coefficient (Wildman–Crippen LogP) is 4.60. The van der Waals surface area contributed by atoms with Crippen LogP contribution in [0.1, 0.15) is 77.6 Å². The highest BCUT2D eigenvalue weighted by molar-refractivity contribution is 14.1. The molecule has 9 heteroatoms. The van der Waals surface area contributed by atoms with Gasteiger partial charge in [0.15, 0.2) is 0 Å². The van der Waals surface area contributed by atoms with Gasteiger partial charge in [0.2, 0.25) is 11.8 Å². The lowest BCUT2D eigenvalue weighted by Gasteiger charge is -2.40. The van der Waals surface area contributed by atoms with E-state index < -0.39 is 18.2 Å². The minimum absolute atomic E-state index is 0.0518. The SMILES string of the molecule is CCCCCCCCCCCC(=O)N(CCOC)[C@@H]1CC(C(=O)NCCO)=C[C@H](Oc2ccccc2I)[C@H]1O. The number of methoxy groups -OCH3 is 1. The van der Waals surface area contributed by atoms with Gasteiger partial charge in [0.1, 0.15) is 18.0 Å². The lowest BCUT2D eigenvalue weighted by molar-refractivity contribution is -0.139. The smallest absolute Gasteiger partial charge is 0.247 e. The summed E-state index contributed by atoms with van der Waals surface area (Å²) in [6.07, 6.45) is 10.9. The van der Waals surface area contributed by atoms with Crippen molar-refractivity contribution < 1.29 is 29.3 Å². The second kappa shape index (κ2) is 19.4. The Hall–Kier alpha value is -1.69. The van der Waals surface area contributed by atoms with Crippen molar-refractivity contribution in [1.29, 1.82) is 0 Å². The predicted molar refractivity (Wildman–Crippen MR) is 162 cm³/mol. The van der Waals surface area contributed by atoms with Crippen LogP contribution in [0.2, 0.25) is 0 Å². The van der Waals surface area contributed by atoms with Gasteiger partial charge in [-0.2, -0.15) is 0 Å². The quantitative estimate of drug-likeness (QED) is 0.148. The lowest BCUT2D eigenvalue weighted by Crippen LogP contribution is -2.55. The average molecular weight is 659 g/mol. The van der Waals surface area contributed by atoms with Crippen LogP contribution in [0.5, 0.6) is 5.75 Å². The van der Waals surface area contributed by atoms with Gasteiger partial charge in [-0.3, -0.25) is 9.59 Å². The summed E-state index contributed by atoms with van der Waals surface area (Å²) in [7, 11) is 1.58. The van der Waals surface area contributed by atoms with Crippen LogP contribution in [0.15, 0.2) is 35.9 Å². The maximum Gasteiger partial charge on any atom is 0.247 e. The first-order chi connectivity index (χ1) is 18.9. The Morgan fingerprint density at radius 1 is 1.08 bits per heavy atom. The fourth-order valence-corrected chi connectivity index (χ4v) is 5.38. The van der Waals surface area contributed by atoms with E-state index in [1.165, 1.54) is 38.5 Å². The number of carbonyl (C=O) groups is 2. The third-order valence-electron chi connectivity index (χ3n) is 7.07. The fraction of sp³-hybridized carbons (Fsp3) is 0.667. The molecule has 0 saturated carbocycles. The van der Waals surface area contributed by atoms with Gasteiger partial charge in [0.25, 0.3) is 0 Å². The Balaban J connectivity index is 2.11. The summed E-state index contributed by atoms with van der Waals surface area (Å²) in [5, 5.41) is 23.3. The molecule has 1 aliphatic rings. The molecule has 2 amide bonds. The molecule has 0 aliphatic heterocycles. The molecular formula is C30H47IN2O6. The maximum absolute atomic E-state index is 13.4. The number of aliphatic hydroxyl groups is 2. The number of carbonyl (C=O) groups excluding carboxylic acids is 2. The van der Waals surface area contributed by atoms with E-state index in [0.717, 1.165) is 22.8 Å². The molecule has 3 N–H and O–H groups in total. The summed E-state index contributed by atoms with van der Waals surface area (Å²) in [5.74, 6) is 0.207. The first kappa shape index (κ1) is 33.5. The summed E-state index contributed by atoms with van der Waals surface area (Å²) in [4.78, 5) is 28.0. The van der Waals surface area contributed by atoms with Gasteiger partial charge < -0.3 is 29.9 Å². The monoisotopic (exact) mass is 658 g/mol. The number of rotatable bonds is 19. The number of benzene rings is 1. The zero-order chi connectivity index (χ0) is 28.5. The largest absolute Gasteiger partial charge is 0.482 e. The molecule has 1 aromatic rings. The molecule has 0 spiro atoms. The molecule has 0 saturated heterocycles. The molecule has 1 aliphatic carbocycles. The van der Waals surface area contributed by atoms with Crippen LogP contribution in [0, 0.1) is 3.57 Å². The number of unbranched alkanes of at least 4 members (excludes halogenated alkanes) is 8. The Morgan fingerprint density at radius 3 is 2.38 bits per heavy atom. The van der Waals surface area contributed by atoms with Crippen LogP contribution >= 0.6 is 22.6 Å². The molecule has 0 heterocycles. The molecule has 0 bridgehead atoms. The van der Waals surface area contributed by atoms with Crippen molar-refractivity contribution in [3.8, 4) is 5.75 Å². The number of ether oxygens (including phenoxy) is 2. The van der Waals surface area contributed by atoms with Crippen LogP contribution in [0.3, 0.4) is 0 Å². The molecule has 1 aromatic carbocycles. The van der Waals surface area contributed by atoms with Crippen molar-refractivity contribution in [3.05, 3.63) is 39.5 Å². The number of nitrogens with one attached hydrogen (secondary N) is 1. The van der Waals surface area contributed by atoms with E-state index in [1.807, 2.05) is 24.3 Å². The number of amides is 2. The van der Waals surface area contributed by atoms with Crippen LogP contribution in [0.25, 0.3) is 0 Å². The molecule has 39 heavy (non-hydrogen) atoms. The third-order valence-corrected chi connectivity index (χ3v) is 7.96. The van der Waals surface area contributed by atoms with Gasteiger partial charge in [-0.15, -0.1) is 0 Å². The van der Waals surface area contributed by atoms with Gasteiger partial charge in [0.05, 0.1) is 22.8 Å². The van der Waals surface area contributed by atoms with Crippen LogP contribution in [-0.2, 0) is 14.3 Å². The summed E-state index contributed by atoms with van der Waals surface area (Å²) >= 11 is 2.17. The molecule has 8 nitrogen and oxygen atoms in total. The molecule has 0 fully saturated rings. The number of hydrogen-bond donors (Lipinski definition) is 3. The van der Waals surface area contributed by atoms with Crippen molar-refractivity contribution in [2.24, 2.45) is 0 Å². The second-order valence-electron chi connectivity index (χ2n) is 10.1. The number of halogens is 1. The summed E-state index contributed by atoms with van der Waals surface area (Å²) in [6.45, 7) is 2.81. The van der Waals surface area contributed by atoms with Crippen molar-refractivity contribution >= 4 is 34.4 Å². The molecule has 0 radical (unpaired) electrons. The van der Waals surface area contributed by atoms with Gasteiger partial charge in [-0.1, -0.05) is 70.4 Å². The van der Waals surface area contributed by atoms with E-state index in [9.17, 15) is 14.7 Å². The van der Waals surface area contributed by atoms with Crippen molar-refractivity contribution in [2.75, 3.05) is 33.4 Å². The number of aliphatic hydroxyl groups excluding tert-OH is 2. The van der Waals surface area contributed by atoms with E-state index in [4.69, 9.17) is 14.6 Å². The zero-order valence-electron chi connectivity index (χ0n) is 23.6. The average Bonchev–Trinajstić information content (AvgIpc) is 2.93. The Kier molecular flexibility index (Phi) is 16.7. The summed E-state index contributed by atoms with van der Waals surface area (Å²) < 4.78 is 12.3. The van der Waals surface area contributed by atoms with Gasteiger partial charge in [-0.25, -0.2) is 0 Å². The Labute approximate surface area is 247 Å². The standard InChI is InChI=1S/C30H47IN2O6/c1-3-4-5-6-7-8-9-10-11-16-28(35)33(18-20-38-2)25-21-23(30(37)32-17-19-34)22-27(29(25)36)39-26-15-13-12-14-24(26)31/h12-15,22,25,27,29,34,36H,3-11,16-21H2,1-2H3,(H,32,37)/t25-,27+,29+/m1/s1. The fourth-order valence-electron chi connectivity index (χ4n) is 4.86. The number of para-hydroxylation sites is 1. The summed E-state index contributed by atoms with van der Waals surface area (Å²) in [6, 6.07) is 6.83. The normalized spacial score (nSPS) is 18.9. The van der Waals surface area contributed by atoms with Crippen molar-refractivity contribution in [2.45, 2.75) is 95.8 Å². The highest BCUT2D eigenvalue weighted by atomic mass is 127. The summed E-state index contributed by atoms with van der Waals surface area (Å²) in [5.41, 5.74) is 0.424. The minimum Gasteiger partial charge on any atom is -0.482 e. The van der Waals surface area contributed by atoms with Gasteiger partial charge >= 0.3 is 0 Å². The molecule has 0 unspecified atom stereocenters. The molecule has 3 atom stereocenters. The van der Waals surface area contributed by atoms with Crippen molar-refractivity contribution in [1.82, 2.24) is 10.2 Å². The van der Waals surface area contributed by atoms with E-state index in [2.05, 4.69) is 34.8 Å². The number of hydrogen-bond acceptors (Lipinski definition) is 6. The minimum atomic E-state index is -1.03. The lowest BCUT2D eigenvalue weighted by atomic mass is 9.88. The second-order valence-corrected chi connectivity index (χ2v) is 11.3. The van der Waals surface area contributed by atoms with Crippen LogP contribution in [0.4, 0.5) is 0 Å². The molecular weight excluding hydrogens is 611 g/mol. The first-order valence-electron chi connectivity index (χ1n) is 14.4. The van der Waals surface area contributed by atoms with E-state index >= 15 is 0 Å². The topological polar surface area (TPSA) is 108 Å². The third kappa shape index (κ3) is 11.8. The van der Waals surface area contributed by atoms with Gasteiger partial charge in [-0.05, 0) is 47.2 Å².